The summed E-state index contributed by atoms with van der Waals surface area (Å²) < 4.78 is 17.2. The van der Waals surface area contributed by atoms with E-state index in [1.807, 2.05) is 42.5 Å². The van der Waals surface area contributed by atoms with Crippen molar-refractivity contribution in [3.8, 4) is 5.75 Å². The number of aromatic hydroxyl groups is 1. The number of phenolic OH excluding ortho intramolecular Hbond substituents is 1. The highest BCUT2D eigenvalue weighted by Gasteiger charge is 2.22. The summed E-state index contributed by atoms with van der Waals surface area (Å²) in [5.41, 5.74) is 0.777. The van der Waals surface area contributed by atoms with Crippen LogP contribution in [0.15, 0.2) is 48.5 Å². The molecule has 4 aromatic rings. The van der Waals surface area contributed by atoms with Crippen LogP contribution in [0, 0.1) is 0 Å². The molecule has 0 aliphatic heterocycles. The Morgan fingerprint density at radius 2 is 1.75 bits per heavy atom. The summed E-state index contributed by atoms with van der Waals surface area (Å²) in [5.74, 6) is 0.246. The molecule has 4 rings (SSSR count). The standard InChI is InChI=1S/C19H17O4P/c1-2-23-24(21,22)11-14-7-6-13-10-17(20)16-5-3-4-12-8-9-15(14)19(13)18(12)16/h3-10,20H,2,11H2,1H3,(H,21,22). The van der Waals surface area contributed by atoms with Crippen molar-refractivity contribution in [3.63, 3.8) is 0 Å². The van der Waals surface area contributed by atoms with Crippen molar-refractivity contribution < 1.29 is 19.1 Å². The summed E-state index contributed by atoms with van der Waals surface area (Å²) in [6.07, 6.45) is -0.0268. The zero-order chi connectivity index (χ0) is 16.9. The number of phenols is 1. The van der Waals surface area contributed by atoms with Crippen LogP contribution < -0.4 is 0 Å². The van der Waals surface area contributed by atoms with Crippen molar-refractivity contribution >= 4 is 39.9 Å². The van der Waals surface area contributed by atoms with Crippen molar-refractivity contribution in [3.05, 3.63) is 54.1 Å². The smallest absolute Gasteiger partial charge is 0.332 e. The summed E-state index contributed by atoms with van der Waals surface area (Å²) in [4.78, 5) is 10.0. The van der Waals surface area contributed by atoms with E-state index in [9.17, 15) is 14.6 Å². The lowest BCUT2D eigenvalue weighted by Gasteiger charge is -2.16. The van der Waals surface area contributed by atoms with Crippen LogP contribution in [-0.2, 0) is 15.3 Å². The average Bonchev–Trinajstić information content (AvgIpc) is 2.55. The fourth-order valence-corrected chi connectivity index (χ4v) is 4.67. The van der Waals surface area contributed by atoms with E-state index in [2.05, 4.69) is 0 Å². The minimum absolute atomic E-state index is 0.0268. The van der Waals surface area contributed by atoms with E-state index in [-0.39, 0.29) is 18.5 Å². The van der Waals surface area contributed by atoms with Crippen LogP contribution in [0.4, 0.5) is 0 Å². The molecule has 1 unspecified atom stereocenters. The van der Waals surface area contributed by atoms with Gasteiger partial charge in [0.1, 0.15) is 5.75 Å². The van der Waals surface area contributed by atoms with Gasteiger partial charge in [0.15, 0.2) is 0 Å². The van der Waals surface area contributed by atoms with Crippen molar-refractivity contribution in [1.82, 2.24) is 0 Å². The molecule has 0 fully saturated rings. The highest BCUT2D eigenvalue weighted by atomic mass is 31.2. The molecule has 0 aliphatic carbocycles. The summed E-state index contributed by atoms with van der Waals surface area (Å²) in [7, 11) is -3.67. The molecule has 0 heterocycles. The molecule has 0 bridgehead atoms. The first-order chi connectivity index (χ1) is 11.5. The maximum absolute atomic E-state index is 12.2. The molecule has 0 amide bonds. The molecule has 0 spiro atoms. The van der Waals surface area contributed by atoms with E-state index in [4.69, 9.17) is 4.52 Å². The third-order valence-corrected chi connectivity index (χ3v) is 5.82. The Kier molecular flexibility index (Phi) is 3.50. The van der Waals surface area contributed by atoms with E-state index in [1.165, 1.54) is 0 Å². The first kappa shape index (κ1) is 15.4. The minimum atomic E-state index is -3.67. The molecule has 122 valence electrons. The number of hydrogen-bond donors (Lipinski definition) is 2. The van der Waals surface area contributed by atoms with Gasteiger partial charge in [0.2, 0.25) is 0 Å². The third-order valence-electron chi connectivity index (χ3n) is 4.41. The third kappa shape index (κ3) is 2.35. The highest BCUT2D eigenvalue weighted by Crippen LogP contribution is 2.48. The molecular formula is C19H17O4P. The maximum atomic E-state index is 12.2. The van der Waals surface area contributed by atoms with Crippen LogP contribution >= 0.6 is 7.60 Å². The van der Waals surface area contributed by atoms with Crippen LogP contribution in [0.25, 0.3) is 32.3 Å². The lowest BCUT2D eigenvalue weighted by molar-refractivity contribution is 0.273. The Labute approximate surface area is 139 Å². The predicted octanol–water partition coefficient (Wildman–Crippen LogP) is 5.01. The van der Waals surface area contributed by atoms with Gasteiger partial charge in [-0.05, 0) is 40.1 Å². The maximum Gasteiger partial charge on any atom is 0.332 e. The van der Waals surface area contributed by atoms with Crippen molar-refractivity contribution in [2.75, 3.05) is 6.61 Å². The summed E-state index contributed by atoms with van der Waals surface area (Å²) in [6, 6.07) is 15.2. The van der Waals surface area contributed by atoms with Crippen molar-refractivity contribution in [1.29, 1.82) is 0 Å². The fraction of sp³-hybridized carbons (Fsp3) is 0.158. The molecule has 0 saturated carbocycles. The molecule has 0 radical (unpaired) electrons. The Hall–Kier alpha value is -2.13. The SMILES string of the molecule is CCOP(=O)(O)Cc1ccc2cc(O)c3cccc4ccc1c2c43. The molecule has 4 nitrogen and oxygen atoms in total. The van der Waals surface area contributed by atoms with Crippen LogP contribution in [0.5, 0.6) is 5.75 Å². The fourth-order valence-electron chi connectivity index (χ4n) is 3.47. The van der Waals surface area contributed by atoms with Crippen LogP contribution in [-0.4, -0.2) is 16.6 Å². The van der Waals surface area contributed by atoms with E-state index < -0.39 is 7.60 Å². The van der Waals surface area contributed by atoms with Gasteiger partial charge in [-0.1, -0.05) is 42.5 Å². The van der Waals surface area contributed by atoms with Gasteiger partial charge in [0, 0.05) is 10.8 Å². The molecular weight excluding hydrogens is 323 g/mol. The van der Waals surface area contributed by atoms with E-state index in [0.717, 1.165) is 37.9 Å². The van der Waals surface area contributed by atoms with Crippen LogP contribution in [0.1, 0.15) is 12.5 Å². The second kappa shape index (κ2) is 5.45. The van der Waals surface area contributed by atoms with Gasteiger partial charge < -0.3 is 14.5 Å². The monoisotopic (exact) mass is 340 g/mol. The van der Waals surface area contributed by atoms with Gasteiger partial charge >= 0.3 is 7.60 Å². The molecule has 0 aromatic heterocycles. The lowest BCUT2D eigenvalue weighted by atomic mass is 9.92. The Bertz CT molecular complexity index is 1100. The van der Waals surface area contributed by atoms with Gasteiger partial charge in [0.25, 0.3) is 0 Å². The zero-order valence-corrected chi connectivity index (χ0v) is 14.1. The Balaban J connectivity index is 2.05. The molecule has 24 heavy (non-hydrogen) atoms. The van der Waals surface area contributed by atoms with Gasteiger partial charge in [-0.2, -0.15) is 0 Å². The first-order valence-corrected chi connectivity index (χ1v) is 9.61. The number of benzene rings is 4. The largest absolute Gasteiger partial charge is 0.507 e. The average molecular weight is 340 g/mol. The first-order valence-electron chi connectivity index (χ1n) is 7.85. The van der Waals surface area contributed by atoms with Gasteiger partial charge in [-0.25, -0.2) is 0 Å². The molecule has 2 N–H and O–H groups in total. The van der Waals surface area contributed by atoms with E-state index in [0.29, 0.717) is 0 Å². The van der Waals surface area contributed by atoms with Crippen LogP contribution in [0.2, 0.25) is 0 Å². The second-order valence-corrected chi connectivity index (χ2v) is 7.80. The number of rotatable bonds is 4. The molecule has 4 aromatic carbocycles. The quantitative estimate of drug-likeness (QED) is 0.405. The summed E-state index contributed by atoms with van der Waals surface area (Å²) in [5, 5.41) is 16.0. The van der Waals surface area contributed by atoms with E-state index >= 15 is 0 Å². The molecule has 0 aliphatic rings. The Morgan fingerprint density at radius 1 is 1.00 bits per heavy atom. The minimum Gasteiger partial charge on any atom is -0.507 e. The van der Waals surface area contributed by atoms with Gasteiger partial charge in [-0.3, -0.25) is 4.57 Å². The summed E-state index contributed by atoms with van der Waals surface area (Å²) in [6.45, 7) is 1.91. The van der Waals surface area contributed by atoms with E-state index in [1.54, 1.807) is 13.0 Å². The number of hydrogen-bond acceptors (Lipinski definition) is 3. The summed E-state index contributed by atoms with van der Waals surface area (Å²) >= 11 is 0. The molecule has 0 saturated heterocycles. The van der Waals surface area contributed by atoms with Crippen molar-refractivity contribution in [2.24, 2.45) is 0 Å². The lowest BCUT2D eigenvalue weighted by Crippen LogP contribution is -1.95. The van der Waals surface area contributed by atoms with Gasteiger partial charge in [0.05, 0.1) is 12.8 Å². The molecule has 1 atom stereocenters. The second-order valence-electron chi connectivity index (χ2n) is 5.95. The zero-order valence-electron chi connectivity index (χ0n) is 13.2. The topological polar surface area (TPSA) is 66.8 Å². The molecule has 5 heteroatoms. The predicted molar refractivity (Wildman–Crippen MR) is 97.0 cm³/mol. The normalized spacial score (nSPS) is 14.6. The van der Waals surface area contributed by atoms with Crippen LogP contribution in [0.3, 0.4) is 0 Å². The van der Waals surface area contributed by atoms with Gasteiger partial charge in [-0.15, -0.1) is 0 Å². The van der Waals surface area contributed by atoms with Crippen molar-refractivity contribution in [2.45, 2.75) is 13.1 Å². The Morgan fingerprint density at radius 3 is 2.54 bits per heavy atom. The highest BCUT2D eigenvalue weighted by molar-refractivity contribution is 7.52.